The molecule has 0 amide bonds. The maximum Gasteiger partial charge on any atom is 0.142 e. The van der Waals surface area contributed by atoms with Crippen LogP contribution >= 0.6 is 0 Å². The van der Waals surface area contributed by atoms with Gasteiger partial charge in [0, 0.05) is 23.9 Å². The number of nitrogens with zero attached hydrogens (tertiary/aromatic N) is 1. The third-order valence-corrected chi connectivity index (χ3v) is 5.16. The summed E-state index contributed by atoms with van der Waals surface area (Å²) >= 11 is 0. The number of rotatable bonds is 3. The standard InChI is InChI=1S/C16H29NO2/c1-16(2)10-6-7-12(15(16)19)11-17(3)13-8-4-5-9-14(13)18/h12-14,18H,4-11H2,1-3H3. The van der Waals surface area contributed by atoms with E-state index in [4.69, 9.17) is 0 Å². The number of Topliss-reactive ketones (excluding diaryl/α,β-unsaturated/α-hetero) is 1. The van der Waals surface area contributed by atoms with E-state index in [-0.39, 0.29) is 23.5 Å². The van der Waals surface area contributed by atoms with Crippen LogP contribution in [-0.4, -0.2) is 41.5 Å². The molecule has 19 heavy (non-hydrogen) atoms. The molecule has 0 radical (unpaired) electrons. The highest BCUT2D eigenvalue weighted by Crippen LogP contribution is 2.36. The molecule has 2 aliphatic rings. The second-order valence-corrected chi connectivity index (χ2v) is 7.20. The van der Waals surface area contributed by atoms with Gasteiger partial charge in [0.1, 0.15) is 5.78 Å². The molecule has 3 atom stereocenters. The summed E-state index contributed by atoms with van der Waals surface area (Å²) in [5.74, 6) is 0.596. The lowest BCUT2D eigenvalue weighted by Gasteiger charge is -2.40. The Morgan fingerprint density at radius 2 is 1.89 bits per heavy atom. The Bertz CT molecular complexity index is 327. The number of aliphatic hydroxyl groups is 1. The lowest BCUT2D eigenvalue weighted by atomic mass is 9.71. The molecule has 3 unspecified atom stereocenters. The van der Waals surface area contributed by atoms with Crippen LogP contribution in [0.25, 0.3) is 0 Å². The minimum atomic E-state index is -0.203. The molecule has 0 aromatic rings. The van der Waals surface area contributed by atoms with Gasteiger partial charge in [-0.3, -0.25) is 4.79 Å². The summed E-state index contributed by atoms with van der Waals surface area (Å²) in [6.07, 6.45) is 7.33. The molecule has 0 aromatic heterocycles. The van der Waals surface area contributed by atoms with Crippen LogP contribution in [0, 0.1) is 11.3 Å². The molecule has 0 bridgehead atoms. The molecule has 0 spiro atoms. The molecule has 0 heterocycles. The van der Waals surface area contributed by atoms with E-state index >= 15 is 0 Å². The van der Waals surface area contributed by atoms with Gasteiger partial charge in [-0.15, -0.1) is 0 Å². The van der Waals surface area contributed by atoms with Gasteiger partial charge in [-0.05, 0) is 32.7 Å². The monoisotopic (exact) mass is 267 g/mol. The summed E-state index contributed by atoms with van der Waals surface area (Å²) < 4.78 is 0. The number of hydrogen-bond donors (Lipinski definition) is 1. The highest BCUT2D eigenvalue weighted by atomic mass is 16.3. The van der Waals surface area contributed by atoms with Crippen molar-refractivity contribution in [3.05, 3.63) is 0 Å². The molecule has 2 aliphatic carbocycles. The van der Waals surface area contributed by atoms with E-state index in [0.29, 0.717) is 5.78 Å². The number of hydrogen-bond acceptors (Lipinski definition) is 3. The topological polar surface area (TPSA) is 40.5 Å². The van der Waals surface area contributed by atoms with Crippen molar-refractivity contribution < 1.29 is 9.90 Å². The lowest BCUT2D eigenvalue weighted by Crippen LogP contribution is -2.48. The van der Waals surface area contributed by atoms with E-state index in [9.17, 15) is 9.90 Å². The normalized spacial score (nSPS) is 35.6. The second kappa shape index (κ2) is 5.92. The van der Waals surface area contributed by atoms with Gasteiger partial charge in [0.15, 0.2) is 0 Å². The molecule has 3 heteroatoms. The van der Waals surface area contributed by atoms with Crippen LogP contribution in [0.3, 0.4) is 0 Å². The van der Waals surface area contributed by atoms with Gasteiger partial charge in [-0.2, -0.15) is 0 Å². The molecule has 0 aliphatic heterocycles. The van der Waals surface area contributed by atoms with Crippen LogP contribution in [0.4, 0.5) is 0 Å². The number of carbonyl (C=O) groups is 1. The lowest BCUT2D eigenvalue weighted by molar-refractivity contribution is -0.135. The Morgan fingerprint density at radius 1 is 1.21 bits per heavy atom. The van der Waals surface area contributed by atoms with Crippen LogP contribution in [0.2, 0.25) is 0 Å². The molecule has 0 aromatic carbocycles. The molecule has 0 saturated heterocycles. The zero-order valence-corrected chi connectivity index (χ0v) is 12.7. The van der Waals surface area contributed by atoms with Crippen LogP contribution in [0.15, 0.2) is 0 Å². The first-order valence-electron chi connectivity index (χ1n) is 7.84. The van der Waals surface area contributed by atoms with E-state index in [0.717, 1.165) is 45.1 Å². The average Bonchev–Trinajstić information content (AvgIpc) is 2.35. The quantitative estimate of drug-likeness (QED) is 0.854. The fourth-order valence-corrected chi connectivity index (χ4v) is 3.86. The second-order valence-electron chi connectivity index (χ2n) is 7.20. The van der Waals surface area contributed by atoms with Crippen molar-refractivity contribution in [3.63, 3.8) is 0 Å². The van der Waals surface area contributed by atoms with Gasteiger partial charge < -0.3 is 10.0 Å². The molecule has 3 nitrogen and oxygen atoms in total. The smallest absolute Gasteiger partial charge is 0.142 e. The van der Waals surface area contributed by atoms with Crippen molar-refractivity contribution in [1.29, 1.82) is 0 Å². The van der Waals surface area contributed by atoms with Crippen LogP contribution in [0.5, 0.6) is 0 Å². The summed E-state index contributed by atoms with van der Waals surface area (Å²) in [7, 11) is 2.08. The van der Waals surface area contributed by atoms with Crippen molar-refractivity contribution in [3.8, 4) is 0 Å². The third kappa shape index (κ3) is 3.38. The number of likely N-dealkylation sites (N-methyl/N-ethyl adjacent to an activating group) is 1. The Morgan fingerprint density at radius 3 is 2.58 bits per heavy atom. The number of aliphatic hydroxyl groups excluding tert-OH is 1. The van der Waals surface area contributed by atoms with Crippen LogP contribution in [-0.2, 0) is 4.79 Å². The summed E-state index contributed by atoms with van der Waals surface area (Å²) in [5, 5.41) is 10.1. The summed E-state index contributed by atoms with van der Waals surface area (Å²) in [6, 6.07) is 0.256. The van der Waals surface area contributed by atoms with E-state index in [1.54, 1.807) is 0 Å². The maximum absolute atomic E-state index is 12.5. The number of carbonyl (C=O) groups excluding carboxylic acids is 1. The highest BCUT2D eigenvalue weighted by Gasteiger charge is 2.38. The molecule has 2 saturated carbocycles. The van der Waals surface area contributed by atoms with Gasteiger partial charge in [0.05, 0.1) is 6.10 Å². The Balaban J connectivity index is 1.94. The Labute approximate surface area is 117 Å². The summed E-state index contributed by atoms with van der Waals surface area (Å²) in [4.78, 5) is 14.7. The third-order valence-electron chi connectivity index (χ3n) is 5.16. The van der Waals surface area contributed by atoms with Crippen molar-refractivity contribution in [2.45, 2.75) is 70.9 Å². The first-order chi connectivity index (χ1) is 8.92. The first kappa shape index (κ1) is 15.0. The molecule has 110 valence electrons. The van der Waals surface area contributed by atoms with Crippen LogP contribution in [0.1, 0.15) is 58.8 Å². The van der Waals surface area contributed by atoms with E-state index in [2.05, 4.69) is 25.8 Å². The van der Waals surface area contributed by atoms with Gasteiger partial charge in [0.2, 0.25) is 0 Å². The molecule has 1 N–H and O–H groups in total. The van der Waals surface area contributed by atoms with E-state index < -0.39 is 0 Å². The SMILES string of the molecule is CN(CC1CCCC(C)(C)C1=O)C1CCCCC1O. The summed E-state index contributed by atoms with van der Waals surface area (Å²) in [6.45, 7) is 4.98. The van der Waals surface area contributed by atoms with E-state index in [1.807, 2.05) is 0 Å². The Kier molecular flexibility index (Phi) is 4.67. The fraction of sp³-hybridized carbons (Fsp3) is 0.938. The summed E-state index contributed by atoms with van der Waals surface area (Å²) in [5.41, 5.74) is -0.144. The molecular formula is C16H29NO2. The Hall–Kier alpha value is -0.410. The zero-order chi connectivity index (χ0) is 14.0. The largest absolute Gasteiger partial charge is 0.391 e. The predicted octanol–water partition coefficient (Wildman–Crippen LogP) is 2.62. The van der Waals surface area contributed by atoms with Gasteiger partial charge >= 0.3 is 0 Å². The van der Waals surface area contributed by atoms with Gasteiger partial charge in [-0.1, -0.05) is 33.1 Å². The predicted molar refractivity (Wildman–Crippen MR) is 77.0 cm³/mol. The molecular weight excluding hydrogens is 238 g/mol. The fourth-order valence-electron chi connectivity index (χ4n) is 3.86. The number of ketones is 1. The van der Waals surface area contributed by atoms with Crippen molar-refractivity contribution in [1.82, 2.24) is 4.90 Å². The molecule has 2 rings (SSSR count). The first-order valence-corrected chi connectivity index (χ1v) is 7.84. The minimum Gasteiger partial charge on any atom is -0.391 e. The highest BCUT2D eigenvalue weighted by molar-refractivity contribution is 5.87. The van der Waals surface area contributed by atoms with Gasteiger partial charge in [0.25, 0.3) is 0 Å². The zero-order valence-electron chi connectivity index (χ0n) is 12.7. The minimum absolute atomic E-state index is 0.144. The van der Waals surface area contributed by atoms with Crippen molar-refractivity contribution in [2.75, 3.05) is 13.6 Å². The van der Waals surface area contributed by atoms with E-state index in [1.165, 1.54) is 6.42 Å². The molecule has 2 fully saturated rings. The average molecular weight is 267 g/mol. The maximum atomic E-state index is 12.5. The van der Waals surface area contributed by atoms with Crippen LogP contribution < -0.4 is 0 Å². The van der Waals surface area contributed by atoms with Crippen molar-refractivity contribution in [2.24, 2.45) is 11.3 Å². The van der Waals surface area contributed by atoms with Gasteiger partial charge in [-0.25, -0.2) is 0 Å². The van der Waals surface area contributed by atoms with Crippen molar-refractivity contribution >= 4 is 5.78 Å².